The molecule has 0 aliphatic carbocycles. The summed E-state index contributed by atoms with van der Waals surface area (Å²) in [5, 5.41) is 10.1. The normalized spacial score (nSPS) is 20.2. The highest BCUT2D eigenvalue weighted by atomic mass is 35.5. The van der Waals surface area contributed by atoms with Gasteiger partial charge in [0.1, 0.15) is 5.75 Å². The maximum absolute atomic E-state index is 9.46. The molecule has 0 aromatic heterocycles. The van der Waals surface area contributed by atoms with E-state index in [0.29, 0.717) is 11.1 Å². The van der Waals surface area contributed by atoms with Crippen LogP contribution in [0.25, 0.3) is 0 Å². The molecule has 1 aliphatic rings. The summed E-state index contributed by atoms with van der Waals surface area (Å²) in [4.78, 5) is 4.77. The van der Waals surface area contributed by atoms with Gasteiger partial charge in [-0.3, -0.25) is 9.80 Å². The first-order chi connectivity index (χ1) is 10.0. The average molecular weight is 313 g/mol. The van der Waals surface area contributed by atoms with Gasteiger partial charge in [-0.15, -0.1) is 0 Å². The Morgan fingerprint density at radius 3 is 2.43 bits per heavy atom. The summed E-state index contributed by atoms with van der Waals surface area (Å²) >= 11 is 6.21. The summed E-state index contributed by atoms with van der Waals surface area (Å²) in [6, 6.07) is 6.34. The monoisotopic (exact) mass is 312 g/mol. The molecule has 1 N–H and O–H groups in total. The zero-order chi connectivity index (χ0) is 15.4. The van der Waals surface area contributed by atoms with Crippen molar-refractivity contribution >= 4 is 11.6 Å². The lowest BCUT2D eigenvalue weighted by molar-refractivity contribution is 0.0655. The molecule has 1 aromatic rings. The lowest BCUT2D eigenvalue weighted by Crippen LogP contribution is -2.48. The van der Waals surface area contributed by atoms with Crippen molar-refractivity contribution in [3.05, 3.63) is 28.8 Å². The molecule has 1 aliphatic heterocycles. The number of hydrogen-bond donors (Lipinski definition) is 1. The molecule has 2 rings (SSSR count). The first-order valence-electron chi connectivity index (χ1n) is 7.49. The number of β-amino-alcohol motifs (C(OH)–C–C–N with tert-alkyl or cyclic N) is 1. The van der Waals surface area contributed by atoms with Crippen molar-refractivity contribution in [2.24, 2.45) is 0 Å². The number of halogens is 1. The fourth-order valence-electron chi connectivity index (χ4n) is 2.86. The van der Waals surface area contributed by atoms with Crippen LogP contribution in [0.1, 0.15) is 25.5 Å². The van der Waals surface area contributed by atoms with Gasteiger partial charge in [0.2, 0.25) is 0 Å². The topological polar surface area (TPSA) is 35.9 Å². The smallest absolute Gasteiger partial charge is 0.137 e. The van der Waals surface area contributed by atoms with Gasteiger partial charge in [0, 0.05) is 38.8 Å². The fourth-order valence-corrected chi connectivity index (χ4v) is 3.13. The van der Waals surface area contributed by atoms with E-state index >= 15 is 0 Å². The Labute approximate surface area is 132 Å². The van der Waals surface area contributed by atoms with Crippen LogP contribution in [0.3, 0.4) is 0 Å². The molecule has 1 aromatic carbocycles. The van der Waals surface area contributed by atoms with E-state index in [4.69, 9.17) is 16.3 Å². The number of benzene rings is 1. The third-order valence-electron chi connectivity index (χ3n) is 4.14. The minimum Gasteiger partial charge on any atom is -0.495 e. The van der Waals surface area contributed by atoms with Gasteiger partial charge in [0.05, 0.1) is 18.2 Å². The standard InChI is InChI=1S/C16H25ClN2O2/c1-12(20)11-18-6-8-19(9-7-18)13(2)14-4-5-16(21-3)15(17)10-14/h4-5,10,12-13,20H,6-9,11H2,1-3H3/t12-,13-/m0/s1. The van der Waals surface area contributed by atoms with E-state index in [0.717, 1.165) is 38.5 Å². The summed E-state index contributed by atoms with van der Waals surface area (Å²) in [6.45, 7) is 8.83. The fraction of sp³-hybridized carbons (Fsp3) is 0.625. The van der Waals surface area contributed by atoms with E-state index in [1.54, 1.807) is 7.11 Å². The number of rotatable bonds is 5. The number of aliphatic hydroxyl groups excluding tert-OH is 1. The van der Waals surface area contributed by atoms with Crippen LogP contribution in [0.2, 0.25) is 5.02 Å². The molecule has 1 fully saturated rings. The van der Waals surface area contributed by atoms with Crippen molar-refractivity contribution in [2.75, 3.05) is 39.8 Å². The molecule has 0 amide bonds. The van der Waals surface area contributed by atoms with Gasteiger partial charge in [0.25, 0.3) is 0 Å². The number of methoxy groups -OCH3 is 1. The second kappa shape index (κ2) is 7.45. The van der Waals surface area contributed by atoms with Crippen LogP contribution in [0.4, 0.5) is 0 Å². The third-order valence-corrected chi connectivity index (χ3v) is 4.43. The predicted molar refractivity (Wildman–Crippen MR) is 86.1 cm³/mol. The number of piperazine rings is 1. The summed E-state index contributed by atoms with van der Waals surface area (Å²) < 4.78 is 5.20. The van der Waals surface area contributed by atoms with Gasteiger partial charge in [-0.2, -0.15) is 0 Å². The van der Waals surface area contributed by atoms with Crippen LogP contribution in [0, 0.1) is 0 Å². The van der Waals surface area contributed by atoms with E-state index in [1.807, 2.05) is 19.1 Å². The average Bonchev–Trinajstić information content (AvgIpc) is 2.46. The van der Waals surface area contributed by atoms with Gasteiger partial charge >= 0.3 is 0 Å². The zero-order valence-corrected chi connectivity index (χ0v) is 13.8. The second-order valence-corrected chi connectivity index (χ2v) is 6.16. The molecule has 21 heavy (non-hydrogen) atoms. The van der Waals surface area contributed by atoms with Gasteiger partial charge in [-0.05, 0) is 31.5 Å². The minimum atomic E-state index is -0.255. The summed E-state index contributed by atoms with van der Waals surface area (Å²) in [7, 11) is 1.63. The van der Waals surface area contributed by atoms with Crippen LogP contribution in [-0.2, 0) is 0 Å². The minimum absolute atomic E-state index is 0.255. The molecule has 0 bridgehead atoms. The Morgan fingerprint density at radius 2 is 1.90 bits per heavy atom. The first-order valence-corrected chi connectivity index (χ1v) is 7.87. The summed E-state index contributed by atoms with van der Waals surface area (Å²) in [6.07, 6.45) is -0.255. The number of aliphatic hydroxyl groups is 1. The molecule has 2 atom stereocenters. The number of nitrogens with zero attached hydrogens (tertiary/aromatic N) is 2. The van der Waals surface area contributed by atoms with Crippen molar-refractivity contribution < 1.29 is 9.84 Å². The van der Waals surface area contributed by atoms with Crippen LogP contribution < -0.4 is 4.74 Å². The van der Waals surface area contributed by atoms with E-state index in [2.05, 4.69) is 22.8 Å². The number of ether oxygens (including phenoxy) is 1. The molecule has 0 radical (unpaired) electrons. The SMILES string of the molecule is COc1ccc([C@H](C)N2CCN(C[C@H](C)O)CC2)cc1Cl. The molecule has 118 valence electrons. The lowest BCUT2D eigenvalue weighted by atomic mass is 10.1. The molecular weight excluding hydrogens is 288 g/mol. The highest BCUT2D eigenvalue weighted by Crippen LogP contribution is 2.30. The Bertz CT molecular complexity index is 460. The van der Waals surface area contributed by atoms with E-state index in [1.165, 1.54) is 5.56 Å². The predicted octanol–water partition coefficient (Wildman–Crippen LogP) is 2.41. The van der Waals surface area contributed by atoms with E-state index in [-0.39, 0.29) is 6.10 Å². The molecule has 0 spiro atoms. The molecule has 1 saturated heterocycles. The van der Waals surface area contributed by atoms with Gasteiger partial charge in [-0.25, -0.2) is 0 Å². The van der Waals surface area contributed by atoms with Crippen molar-refractivity contribution in [1.82, 2.24) is 9.80 Å². The van der Waals surface area contributed by atoms with Crippen LogP contribution in [-0.4, -0.2) is 60.8 Å². The molecule has 1 heterocycles. The Hall–Kier alpha value is -0.810. The lowest BCUT2D eigenvalue weighted by Gasteiger charge is -2.38. The summed E-state index contributed by atoms with van der Waals surface area (Å²) in [5.74, 6) is 0.717. The quantitative estimate of drug-likeness (QED) is 0.906. The molecule has 4 nitrogen and oxygen atoms in total. The highest BCUT2D eigenvalue weighted by molar-refractivity contribution is 6.32. The van der Waals surface area contributed by atoms with Gasteiger partial charge in [0.15, 0.2) is 0 Å². The van der Waals surface area contributed by atoms with Gasteiger partial charge < -0.3 is 9.84 Å². The van der Waals surface area contributed by atoms with Gasteiger partial charge in [-0.1, -0.05) is 17.7 Å². The van der Waals surface area contributed by atoms with E-state index < -0.39 is 0 Å². The van der Waals surface area contributed by atoms with Crippen molar-refractivity contribution in [1.29, 1.82) is 0 Å². The Kier molecular flexibility index (Phi) is 5.88. The molecule has 0 unspecified atom stereocenters. The number of hydrogen-bond acceptors (Lipinski definition) is 4. The molecule has 5 heteroatoms. The van der Waals surface area contributed by atoms with Crippen LogP contribution >= 0.6 is 11.6 Å². The van der Waals surface area contributed by atoms with Crippen molar-refractivity contribution in [3.8, 4) is 5.75 Å². The highest BCUT2D eigenvalue weighted by Gasteiger charge is 2.23. The van der Waals surface area contributed by atoms with Crippen LogP contribution in [0.15, 0.2) is 18.2 Å². The first kappa shape index (κ1) is 16.6. The van der Waals surface area contributed by atoms with Crippen LogP contribution in [0.5, 0.6) is 5.75 Å². The van der Waals surface area contributed by atoms with Crippen molar-refractivity contribution in [3.63, 3.8) is 0 Å². The molecular formula is C16H25ClN2O2. The Balaban J connectivity index is 1.95. The maximum Gasteiger partial charge on any atom is 0.137 e. The second-order valence-electron chi connectivity index (χ2n) is 5.76. The van der Waals surface area contributed by atoms with Crippen molar-refractivity contribution in [2.45, 2.75) is 26.0 Å². The Morgan fingerprint density at radius 1 is 1.24 bits per heavy atom. The largest absolute Gasteiger partial charge is 0.495 e. The maximum atomic E-state index is 9.46. The third kappa shape index (κ3) is 4.33. The van der Waals surface area contributed by atoms with E-state index in [9.17, 15) is 5.11 Å². The zero-order valence-electron chi connectivity index (χ0n) is 13.1. The summed E-state index contributed by atoms with van der Waals surface area (Å²) in [5.41, 5.74) is 1.21. The molecule has 0 saturated carbocycles.